The van der Waals surface area contributed by atoms with E-state index in [4.69, 9.17) is 4.52 Å². The lowest BCUT2D eigenvalue weighted by Crippen LogP contribution is -2.29. The van der Waals surface area contributed by atoms with Gasteiger partial charge in [0, 0.05) is 16.5 Å². The minimum Gasteiger partial charge on any atom is -0.507 e. The average molecular weight is 384 g/mol. The molecule has 0 aliphatic carbocycles. The number of hydrogen-bond acceptors (Lipinski definition) is 6. The van der Waals surface area contributed by atoms with Gasteiger partial charge in [-0.05, 0) is 42.6 Å². The van der Waals surface area contributed by atoms with Crippen molar-refractivity contribution in [1.29, 1.82) is 0 Å². The van der Waals surface area contributed by atoms with Crippen LogP contribution in [0.1, 0.15) is 22.2 Å². The third kappa shape index (κ3) is 2.83. The fourth-order valence-corrected chi connectivity index (χ4v) is 3.84. The first-order valence-corrected chi connectivity index (χ1v) is 8.89. The molecule has 0 saturated carbocycles. The number of aryl methyl sites for hydroxylation is 1. The number of thiophene rings is 1. The van der Waals surface area contributed by atoms with Gasteiger partial charge >= 0.3 is 5.91 Å². The van der Waals surface area contributed by atoms with Crippen LogP contribution in [-0.2, 0) is 9.59 Å². The van der Waals surface area contributed by atoms with E-state index in [1.54, 1.807) is 30.5 Å². The van der Waals surface area contributed by atoms with E-state index in [1.165, 1.54) is 40.5 Å². The summed E-state index contributed by atoms with van der Waals surface area (Å²) in [6.07, 6.45) is 0. The summed E-state index contributed by atoms with van der Waals surface area (Å²) in [5.74, 6) is -1.82. The van der Waals surface area contributed by atoms with E-state index in [0.29, 0.717) is 10.6 Å². The molecule has 1 aromatic carbocycles. The molecule has 3 aromatic rings. The number of Topliss-reactive ketones (excluding diaryl/α,β-unsaturated/α-hetero) is 1. The lowest BCUT2D eigenvalue weighted by Gasteiger charge is -2.21. The summed E-state index contributed by atoms with van der Waals surface area (Å²) in [5.41, 5.74) is 0.169. The molecule has 1 atom stereocenters. The zero-order valence-corrected chi connectivity index (χ0v) is 14.9. The fraction of sp³-hybridized carbons (Fsp3) is 0.105. The van der Waals surface area contributed by atoms with E-state index in [0.717, 1.165) is 0 Å². The second kappa shape index (κ2) is 6.48. The zero-order valence-electron chi connectivity index (χ0n) is 14.0. The van der Waals surface area contributed by atoms with Gasteiger partial charge in [0.25, 0.3) is 5.78 Å². The number of aliphatic hydroxyl groups excluding tert-OH is 1. The number of aromatic nitrogens is 1. The van der Waals surface area contributed by atoms with Crippen LogP contribution in [0.4, 0.5) is 10.2 Å². The van der Waals surface area contributed by atoms with Crippen LogP contribution in [0.25, 0.3) is 5.76 Å². The number of rotatable bonds is 3. The normalized spacial score (nSPS) is 19.0. The van der Waals surface area contributed by atoms with Crippen molar-refractivity contribution in [2.75, 3.05) is 4.90 Å². The number of hydrogen-bond donors (Lipinski definition) is 1. The summed E-state index contributed by atoms with van der Waals surface area (Å²) in [7, 11) is 0. The van der Waals surface area contributed by atoms with Gasteiger partial charge in [0.1, 0.15) is 23.4 Å². The van der Waals surface area contributed by atoms with Crippen molar-refractivity contribution in [2.45, 2.75) is 13.0 Å². The first-order valence-electron chi connectivity index (χ1n) is 8.01. The average Bonchev–Trinajstić information content (AvgIpc) is 3.37. The summed E-state index contributed by atoms with van der Waals surface area (Å²) >= 11 is 1.34. The number of carbonyl (C=O) groups is 2. The topological polar surface area (TPSA) is 83.6 Å². The van der Waals surface area contributed by atoms with Crippen LogP contribution < -0.4 is 4.90 Å². The molecule has 0 spiro atoms. The molecule has 4 rings (SSSR count). The Morgan fingerprint density at radius 1 is 1.26 bits per heavy atom. The van der Waals surface area contributed by atoms with Gasteiger partial charge in [0.05, 0.1) is 5.57 Å². The maximum Gasteiger partial charge on any atom is 0.301 e. The quantitative estimate of drug-likeness (QED) is 0.422. The number of nitrogens with zero attached hydrogens (tertiary/aromatic N) is 2. The smallest absolute Gasteiger partial charge is 0.301 e. The molecule has 1 N–H and O–H groups in total. The van der Waals surface area contributed by atoms with Crippen LogP contribution in [0.5, 0.6) is 0 Å². The number of carbonyl (C=O) groups excluding carboxylic acids is 2. The molecule has 6 nitrogen and oxygen atoms in total. The molecule has 1 aliphatic heterocycles. The molecule has 2 aromatic heterocycles. The molecular weight excluding hydrogens is 371 g/mol. The molecule has 1 aliphatic rings. The summed E-state index contributed by atoms with van der Waals surface area (Å²) in [6.45, 7) is 1.67. The van der Waals surface area contributed by atoms with Gasteiger partial charge in [0.15, 0.2) is 5.82 Å². The third-order valence-corrected chi connectivity index (χ3v) is 5.16. The first kappa shape index (κ1) is 17.2. The summed E-state index contributed by atoms with van der Waals surface area (Å²) < 4.78 is 18.3. The molecule has 8 heteroatoms. The molecule has 1 fully saturated rings. The van der Waals surface area contributed by atoms with Crippen molar-refractivity contribution in [3.05, 3.63) is 75.4 Å². The molecule has 0 radical (unpaired) electrons. The predicted octanol–water partition coefficient (Wildman–Crippen LogP) is 3.81. The van der Waals surface area contributed by atoms with Crippen LogP contribution in [0, 0.1) is 12.7 Å². The lowest BCUT2D eigenvalue weighted by molar-refractivity contribution is -0.132. The molecule has 0 unspecified atom stereocenters. The molecular formula is C19H13FN2O4S. The van der Waals surface area contributed by atoms with E-state index in [9.17, 15) is 19.1 Å². The number of halogens is 1. The Hall–Kier alpha value is -3.26. The van der Waals surface area contributed by atoms with Gasteiger partial charge in [-0.3, -0.25) is 14.5 Å². The highest BCUT2D eigenvalue weighted by Gasteiger charge is 2.48. The van der Waals surface area contributed by atoms with Crippen LogP contribution in [0.2, 0.25) is 0 Å². The highest BCUT2D eigenvalue weighted by molar-refractivity contribution is 7.10. The van der Waals surface area contributed by atoms with Crippen LogP contribution in [0.15, 0.2) is 57.9 Å². The lowest BCUT2D eigenvalue weighted by atomic mass is 10.00. The minimum absolute atomic E-state index is 0.0743. The highest BCUT2D eigenvalue weighted by atomic mass is 32.1. The number of ketones is 1. The Bertz CT molecular complexity index is 1050. The fourth-order valence-electron chi connectivity index (χ4n) is 3.01. The summed E-state index contributed by atoms with van der Waals surface area (Å²) in [6, 6.07) is 9.29. The van der Waals surface area contributed by atoms with Gasteiger partial charge < -0.3 is 9.63 Å². The van der Waals surface area contributed by atoms with E-state index < -0.39 is 23.5 Å². The highest BCUT2D eigenvalue weighted by Crippen LogP contribution is 2.43. The van der Waals surface area contributed by atoms with Crippen molar-refractivity contribution in [2.24, 2.45) is 0 Å². The molecule has 1 amide bonds. The largest absolute Gasteiger partial charge is 0.507 e. The Morgan fingerprint density at radius 2 is 2.00 bits per heavy atom. The molecule has 3 heterocycles. The number of amides is 1. The number of anilines is 1. The van der Waals surface area contributed by atoms with Gasteiger partial charge in [-0.2, -0.15) is 0 Å². The van der Waals surface area contributed by atoms with Crippen molar-refractivity contribution in [3.8, 4) is 0 Å². The Morgan fingerprint density at radius 3 is 2.59 bits per heavy atom. The van der Waals surface area contributed by atoms with Gasteiger partial charge in [-0.1, -0.05) is 11.2 Å². The van der Waals surface area contributed by atoms with Gasteiger partial charge in [0.2, 0.25) is 0 Å². The Labute approximate surface area is 157 Å². The Balaban J connectivity index is 1.92. The summed E-state index contributed by atoms with van der Waals surface area (Å²) in [5, 5.41) is 16.4. The Kier molecular flexibility index (Phi) is 4.12. The second-order valence-corrected chi connectivity index (χ2v) is 6.97. The second-order valence-electron chi connectivity index (χ2n) is 5.99. The van der Waals surface area contributed by atoms with E-state index in [2.05, 4.69) is 5.16 Å². The molecule has 0 bridgehead atoms. The van der Waals surface area contributed by atoms with Gasteiger partial charge in [-0.25, -0.2) is 4.39 Å². The van der Waals surface area contributed by atoms with Crippen molar-refractivity contribution >= 4 is 34.6 Å². The van der Waals surface area contributed by atoms with Crippen molar-refractivity contribution in [3.63, 3.8) is 0 Å². The van der Waals surface area contributed by atoms with Crippen LogP contribution in [0.3, 0.4) is 0 Å². The predicted molar refractivity (Wildman–Crippen MR) is 96.7 cm³/mol. The van der Waals surface area contributed by atoms with Crippen LogP contribution in [-0.4, -0.2) is 22.0 Å². The minimum atomic E-state index is -0.848. The van der Waals surface area contributed by atoms with Gasteiger partial charge in [-0.15, -0.1) is 11.3 Å². The third-order valence-electron chi connectivity index (χ3n) is 4.24. The summed E-state index contributed by atoms with van der Waals surface area (Å²) in [4.78, 5) is 27.3. The maximum atomic E-state index is 13.2. The molecule has 1 saturated heterocycles. The number of benzene rings is 1. The number of aliphatic hydroxyl groups is 1. The first-order chi connectivity index (χ1) is 13.0. The monoisotopic (exact) mass is 384 g/mol. The van der Waals surface area contributed by atoms with Crippen molar-refractivity contribution < 1.29 is 23.6 Å². The van der Waals surface area contributed by atoms with E-state index in [-0.39, 0.29) is 22.7 Å². The van der Waals surface area contributed by atoms with E-state index in [1.807, 2.05) is 0 Å². The maximum absolute atomic E-state index is 13.2. The molecule has 27 heavy (non-hydrogen) atoms. The van der Waals surface area contributed by atoms with E-state index >= 15 is 0 Å². The standard InChI is InChI=1S/C19H13FN2O4S/c1-10-9-14(21-26-10)22-16(13-3-2-8-27-13)15(18(24)19(22)25)17(23)11-4-6-12(20)7-5-11/h2-9,16,23H,1H3/b17-15+/t16-/m0/s1. The SMILES string of the molecule is Cc1cc(N2C(=O)C(=O)/C(=C(/O)c3ccc(F)cc3)[C@@H]2c2cccs2)no1. The zero-order chi connectivity index (χ0) is 19.1. The van der Waals surface area contributed by atoms with Crippen molar-refractivity contribution in [1.82, 2.24) is 5.16 Å². The molecule has 136 valence electrons. The van der Waals surface area contributed by atoms with Crippen LogP contribution >= 0.6 is 11.3 Å².